The molecule has 3 heterocycles. The lowest BCUT2D eigenvalue weighted by molar-refractivity contribution is 0.194. The van der Waals surface area contributed by atoms with E-state index in [4.69, 9.17) is 11.6 Å². The van der Waals surface area contributed by atoms with Gasteiger partial charge in [0.2, 0.25) is 0 Å². The Hall–Kier alpha value is -1.60. The van der Waals surface area contributed by atoms with Crippen LogP contribution in [0.25, 0.3) is 0 Å². The Morgan fingerprint density at radius 1 is 1.20 bits per heavy atom. The van der Waals surface area contributed by atoms with Gasteiger partial charge in [-0.25, -0.2) is 9.48 Å². The molecule has 1 saturated heterocycles. The van der Waals surface area contributed by atoms with Gasteiger partial charge in [0.15, 0.2) is 0 Å². The predicted molar refractivity (Wildman–Crippen MR) is 98.0 cm³/mol. The van der Waals surface area contributed by atoms with E-state index in [2.05, 4.69) is 22.0 Å². The van der Waals surface area contributed by atoms with E-state index in [9.17, 15) is 4.79 Å². The van der Waals surface area contributed by atoms with E-state index in [0.29, 0.717) is 6.54 Å². The predicted octanol–water partition coefficient (Wildman–Crippen LogP) is 1.93. The molecule has 1 aliphatic heterocycles. The molecule has 3 rings (SSSR count). The van der Waals surface area contributed by atoms with Crippen LogP contribution >= 0.6 is 11.6 Å². The van der Waals surface area contributed by atoms with E-state index in [1.807, 2.05) is 14.0 Å². The SMILES string of the molecule is CCc1nn(C)c(Cl)c1CN1CCC[C@H](c2nn(C)c(=O)n2CC)C1. The Labute approximate surface area is 153 Å². The molecule has 0 aliphatic carbocycles. The highest BCUT2D eigenvalue weighted by Crippen LogP contribution is 2.28. The number of halogens is 1. The smallest absolute Gasteiger partial charge is 0.298 e. The van der Waals surface area contributed by atoms with Gasteiger partial charge >= 0.3 is 5.69 Å². The van der Waals surface area contributed by atoms with E-state index in [0.717, 1.165) is 61.1 Å². The van der Waals surface area contributed by atoms with Gasteiger partial charge in [-0.1, -0.05) is 18.5 Å². The summed E-state index contributed by atoms with van der Waals surface area (Å²) >= 11 is 6.45. The number of aryl methyl sites for hydroxylation is 3. The summed E-state index contributed by atoms with van der Waals surface area (Å²) in [4.78, 5) is 14.6. The van der Waals surface area contributed by atoms with E-state index in [-0.39, 0.29) is 11.6 Å². The maximum Gasteiger partial charge on any atom is 0.345 e. The molecule has 0 spiro atoms. The summed E-state index contributed by atoms with van der Waals surface area (Å²) in [5.41, 5.74) is 2.16. The minimum Gasteiger partial charge on any atom is -0.298 e. The van der Waals surface area contributed by atoms with Gasteiger partial charge in [-0.3, -0.25) is 14.1 Å². The second kappa shape index (κ2) is 7.33. The van der Waals surface area contributed by atoms with Gasteiger partial charge in [-0.05, 0) is 32.7 Å². The average molecular weight is 367 g/mol. The molecule has 25 heavy (non-hydrogen) atoms. The van der Waals surface area contributed by atoms with Crippen LogP contribution in [0.15, 0.2) is 4.79 Å². The third-order valence-electron chi connectivity index (χ3n) is 5.09. The van der Waals surface area contributed by atoms with E-state index in [1.165, 1.54) is 4.68 Å². The minimum absolute atomic E-state index is 0.0294. The van der Waals surface area contributed by atoms with E-state index in [1.54, 1.807) is 16.3 Å². The van der Waals surface area contributed by atoms with Crippen molar-refractivity contribution in [2.45, 2.75) is 52.1 Å². The molecule has 0 radical (unpaired) electrons. The second-order valence-corrected chi connectivity index (χ2v) is 7.13. The van der Waals surface area contributed by atoms with Gasteiger partial charge in [-0.15, -0.1) is 0 Å². The van der Waals surface area contributed by atoms with Crippen molar-refractivity contribution in [3.05, 3.63) is 32.7 Å². The molecule has 0 bridgehead atoms. The van der Waals surface area contributed by atoms with Crippen LogP contribution in [0.5, 0.6) is 0 Å². The van der Waals surface area contributed by atoms with Crippen molar-refractivity contribution in [1.29, 1.82) is 0 Å². The van der Waals surface area contributed by atoms with Crippen LogP contribution in [0.3, 0.4) is 0 Å². The van der Waals surface area contributed by atoms with Gasteiger partial charge in [0.25, 0.3) is 0 Å². The third kappa shape index (κ3) is 3.40. The van der Waals surface area contributed by atoms with E-state index >= 15 is 0 Å². The summed E-state index contributed by atoms with van der Waals surface area (Å²) in [7, 11) is 3.61. The Bertz CT molecular complexity index is 805. The van der Waals surface area contributed by atoms with Crippen LogP contribution in [0, 0.1) is 0 Å². The quantitative estimate of drug-likeness (QED) is 0.811. The van der Waals surface area contributed by atoms with Crippen LogP contribution in [0.4, 0.5) is 0 Å². The molecule has 0 amide bonds. The molecule has 0 N–H and O–H groups in total. The molecule has 0 aromatic carbocycles. The molecule has 0 unspecified atom stereocenters. The van der Waals surface area contributed by atoms with Gasteiger partial charge in [-0.2, -0.15) is 10.2 Å². The maximum absolute atomic E-state index is 12.2. The van der Waals surface area contributed by atoms with Crippen molar-refractivity contribution in [2.75, 3.05) is 13.1 Å². The maximum atomic E-state index is 12.2. The largest absolute Gasteiger partial charge is 0.345 e. The summed E-state index contributed by atoms with van der Waals surface area (Å²) in [5, 5.41) is 9.73. The van der Waals surface area contributed by atoms with Crippen molar-refractivity contribution < 1.29 is 0 Å². The van der Waals surface area contributed by atoms with Crippen LogP contribution in [-0.2, 0) is 33.6 Å². The van der Waals surface area contributed by atoms with Crippen LogP contribution < -0.4 is 5.69 Å². The van der Waals surface area contributed by atoms with Crippen molar-refractivity contribution in [3.63, 3.8) is 0 Å². The normalized spacial score (nSPS) is 18.8. The Morgan fingerprint density at radius 2 is 1.96 bits per heavy atom. The molecule has 7 nitrogen and oxygen atoms in total. The summed E-state index contributed by atoms with van der Waals surface area (Å²) < 4.78 is 5.00. The molecule has 1 atom stereocenters. The van der Waals surface area contributed by atoms with Gasteiger partial charge in [0.1, 0.15) is 11.0 Å². The number of piperidine rings is 1. The second-order valence-electron chi connectivity index (χ2n) is 6.78. The topological polar surface area (TPSA) is 60.9 Å². The molecular formula is C17H27ClN6O. The van der Waals surface area contributed by atoms with Crippen LogP contribution in [0.2, 0.25) is 5.15 Å². The fourth-order valence-corrected chi connectivity index (χ4v) is 4.00. The summed E-state index contributed by atoms with van der Waals surface area (Å²) in [6.45, 7) is 7.49. The summed E-state index contributed by atoms with van der Waals surface area (Å²) in [6, 6.07) is 0. The molecule has 2 aromatic heterocycles. The highest BCUT2D eigenvalue weighted by molar-refractivity contribution is 6.30. The number of hydrogen-bond donors (Lipinski definition) is 0. The minimum atomic E-state index is -0.0294. The van der Waals surface area contributed by atoms with Crippen molar-refractivity contribution in [2.24, 2.45) is 14.1 Å². The number of nitrogens with zero attached hydrogens (tertiary/aromatic N) is 6. The first-order valence-electron chi connectivity index (χ1n) is 9.02. The summed E-state index contributed by atoms with van der Waals surface area (Å²) in [5.74, 6) is 1.19. The zero-order valence-corrected chi connectivity index (χ0v) is 16.3. The van der Waals surface area contributed by atoms with Crippen LogP contribution in [0.1, 0.15) is 49.7 Å². The van der Waals surface area contributed by atoms with Crippen molar-refractivity contribution in [3.8, 4) is 0 Å². The Morgan fingerprint density at radius 3 is 2.64 bits per heavy atom. The standard InChI is InChI=1S/C17H27ClN6O/c1-5-14-13(15(18)21(3)19-14)11-23-9-7-8-12(10-23)16-20-22(4)17(25)24(16)6-2/h12H,5-11H2,1-4H3/t12-/m0/s1. The Balaban J connectivity index is 1.81. The van der Waals surface area contributed by atoms with Crippen LogP contribution in [-0.4, -0.2) is 42.1 Å². The molecular weight excluding hydrogens is 340 g/mol. The average Bonchev–Trinajstić information content (AvgIpc) is 3.05. The fraction of sp³-hybridized carbons (Fsp3) is 0.706. The van der Waals surface area contributed by atoms with E-state index < -0.39 is 0 Å². The number of aromatic nitrogens is 5. The molecule has 0 saturated carbocycles. The zero-order chi connectivity index (χ0) is 18.1. The lowest BCUT2D eigenvalue weighted by Crippen LogP contribution is -2.35. The molecule has 2 aromatic rings. The molecule has 1 aliphatic rings. The molecule has 138 valence electrons. The number of likely N-dealkylation sites (tertiary alicyclic amines) is 1. The highest BCUT2D eigenvalue weighted by atomic mass is 35.5. The first-order valence-corrected chi connectivity index (χ1v) is 9.40. The first kappa shape index (κ1) is 18.2. The Kier molecular flexibility index (Phi) is 5.34. The highest BCUT2D eigenvalue weighted by Gasteiger charge is 2.28. The molecule has 1 fully saturated rings. The number of rotatable bonds is 5. The lowest BCUT2D eigenvalue weighted by atomic mass is 9.96. The van der Waals surface area contributed by atoms with Crippen molar-refractivity contribution >= 4 is 11.6 Å². The molecule has 8 heteroatoms. The zero-order valence-electron chi connectivity index (χ0n) is 15.5. The van der Waals surface area contributed by atoms with Gasteiger partial charge in [0.05, 0.1) is 5.69 Å². The number of hydrogen-bond acceptors (Lipinski definition) is 4. The fourth-order valence-electron chi connectivity index (χ4n) is 3.80. The first-order chi connectivity index (χ1) is 12.0. The third-order valence-corrected chi connectivity index (χ3v) is 5.57. The van der Waals surface area contributed by atoms with Gasteiger partial charge in [0, 0.05) is 45.2 Å². The summed E-state index contributed by atoms with van der Waals surface area (Å²) in [6.07, 6.45) is 3.04. The monoisotopic (exact) mass is 366 g/mol. The van der Waals surface area contributed by atoms with Crippen molar-refractivity contribution in [1.82, 2.24) is 29.0 Å². The van der Waals surface area contributed by atoms with Gasteiger partial charge < -0.3 is 0 Å². The lowest BCUT2D eigenvalue weighted by Gasteiger charge is -2.32.